The zero-order valence-electron chi connectivity index (χ0n) is 8.34. The largest absolute Gasteiger partial charge is 0.466 e. The molecule has 0 aliphatic rings. The summed E-state index contributed by atoms with van der Waals surface area (Å²) in [6.07, 6.45) is 0.338. The zero-order valence-corrected chi connectivity index (χ0v) is 8.34. The van der Waals surface area contributed by atoms with Gasteiger partial charge in [-0.2, -0.15) is 0 Å². The van der Waals surface area contributed by atoms with Crippen LogP contribution in [0.15, 0.2) is 0 Å². The Bertz CT molecular complexity index is 185. The molecule has 0 spiro atoms. The van der Waals surface area contributed by atoms with Crippen molar-refractivity contribution in [1.29, 1.82) is 0 Å². The van der Waals surface area contributed by atoms with E-state index < -0.39 is 6.03 Å². The van der Waals surface area contributed by atoms with Crippen LogP contribution < -0.4 is 16.4 Å². The van der Waals surface area contributed by atoms with Gasteiger partial charge < -0.3 is 21.1 Å². The molecule has 14 heavy (non-hydrogen) atoms. The molecule has 0 fully saturated rings. The molecule has 0 heterocycles. The molecule has 0 radical (unpaired) electrons. The molecular weight excluding hydrogens is 186 g/mol. The molecule has 0 unspecified atom stereocenters. The van der Waals surface area contributed by atoms with Gasteiger partial charge in [0.1, 0.15) is 0 Å². The average molecular weight is 203 g/mol. The van der Waals surface area contributed by atoms with Crippen molar-refractivity contribution in [3.63, 3.8) is 0 Å². The molecule has 2 amide bonds. The molecule has 0 saturated carbocycles. The number of amides is 2. The Morgan fingerprint density at radius 3 is 2.57 bits per heavy atom. The van der Waals surface area contributed by atoms with Crippen LogP contribution in [-0.2, 0) is 9.53 Å². The fourth-order valence-corrected chi connectivity index (χ4v) is 0.823. The molecule has 0 aromatic rings. The number of esters is 1. The highest BCUT2D eigenvalue weighted by molar-refractivity contribution is 5.71. The summed E-state index contributed by atoms with van der Waals surface area (Å²) in [7, 11) is 0. The molecule has 0 saturated heterocycles. The van der Waals surface area contributed by atoms with Crippen molar-refractivity contribution in [1.82, 2.24) is 10.6 Å². The van der Waals surface area contributed by atoms with E-state index in [1.807, 2.05) is 0 Å². The van der Waals surface area contributed by atoms with Crippen molar-refractivity contribution in [3.8, 4) is 0 Å². The summed E-state index contributed by atoms with van der Waals surface area (Å²) in [5.41, 5.74) is 4.84. The Morgan fingerprint density at radius 2 is 2.00 bits per heavy atom. The number of primary amides is 1. The number of ether oxygens (including phenoxy) is 1. The minimum Gasteiger partial charge on any atom is -0.466 e. The van der Waals surface area contributed by atoms with E-state index in [4.69, 9.17) is 10.5 Å². The van der Waals surface area contributed by atoms with Gasteiger partial charge in [0.2, 0.25) is 0 Å². The predicted molar refractivity (Wildman–Crippen MR) is 51.7 cm³/mol. The smallest absolute Gasteiger partial charge is 0.312 e. The summed E-state index contributed by atoms with van der Waals surface area (Å²) in [5.74, 6) is -0.220. The van der Waals surface area contributed by atoms with Gasteiger partial charge in [0.15, 0.2) is 0 Å². The minimum absolute atomic E-state index is 0.220. The number of rotatable bonds is 7. The van der Waals surface area contributed by atoms with Crippen LogP contribution in [0.1, 0.15) is 13.3 Å². The molecule has 4 N–H and O–H groups in total. The van der Waals surface area contributed by atoms with E-state index in [9.17, 15) is 9.59 Å². The van der Waals surface area contributed by atoms with Crippen LogP contribution in [-0.4, -0.2) is 38.2 Å². The number of nitrogens with one attached hydrogen (secondary N) is 2. The Hall–Kier alpha value is -1.30. The van der Waals surface area contributed by atoms with Gasteiger partial charge in [-0.1, -0.05) is 0 Å². The van der Waals surface area contributed by atoms with Gasteiger partial charge in [0.05, 0.1) is 13.0 Å². The molecule has 82 valence electrons. The summed E-state index contributed by atoms with van der Waals surface area (Å²) in [6, 6.07) is -0.544. The van der Waals surface area contributed by atoms with Gasteiger partial charge in [0.25, 0.3) is 0 Å². The van der Waals surface area contributed by atoms with Crippen LogP contribution >= 0.6 is 0 Å². The van der Waals surface area contributed by atoms with Crippen molar-refractivity contribution in [2.24, 2.45) is 5.73 Å². The van der Waals surface area contributed by atoms with E-state index in [2.05, 4.69) is 10.6 Å². The second-order valence-electron chi connectivity index (χ2n) is 2.60. The van der Waals surface area contributed by atoms with Crippen LogP contribution in [0.2, 0.25) is 0 Å². The maximum atomic E-state index is 10.8. The number of hydrogen-bond donors (Lipinski definition) is 3. The normalized spacial score (nSPS) is 9.50. The van der Waals surface area contributed by atoms with E-state index >= 15 is 0 Å². The highest BCUT2D eigenvalue weighted by Crippen LogP contribution is 1.83. The molecular formula is C8H17N3O3. The first-order valence-electron chi connectivity index (χ1n) is 4.56. The standard InChI is InChI=1S/C8H17N3O3/c1-2-14-7(12)3-4-10-5-6-11-8(9)13/h10H,2-6H2,1H3,(H3,9,11,13). The fraction of sp³-hybridized carbons (Fsp3) is 0.750. The second-order valence-corrected chi connectivity index (χ2v) is 2.60. The Kier molecular flexibility index (Phi) is 7.53. The predicted octanol–water partition coefficient (Wildman–Crippen LogP) is -0.802. The summed E-state index contributed by atoms with van der Waals surface area (Å²) in [4.78, 5) is 21.1. The number of nitrogens with two attached hydrogens (primary N) is 1. The fourth-order valence-electron chi connectivity index (χ4n) is 0.823. The third kappa shape index (κ3) is 8.79. The van der Waals surface area contributed by atoms with Crippen LogP contribution in [0, 0.1) is 0 Å². The van der Waals surface area contributed by atoms with Crippen LogP contribution in [0.25, 0.3) is 0 Å². The summed E-state index contributed by atoms with van der Waals surface area (Å²) >= 11 is 0. The second kappa shape index (κ2) is 8.31. The highest BCUT2D eigenvalue weighted by Gasteiger charge is 1.99. The molecule has 0 rings (SSSR count). The molecule has 0 aliphatic heterocycles. The van der Waals surface area contributed by atoms with E-state index in [1.54, 1.807) is 6.92 Å². The van der Waals surface area contributed by atoms with E-state index in [-0.39, 0.29) is 5.97 Å². The highest BCUT2D eigenvalue weighted by atomic mass is 16.5. The minimum atomic E-state index is -0.544. The molecule has 0 aromatic carbocycles. The van der Waals surface area contributed by atoms with E-state index in [0.717, 1.165) is 0 Å². The van der Waals surface area contributed by atoms with Crippen molar-refractivity contribution in [2.45, 2.75) is 13.3 Å². The first-order valence-corrected chi connectivity index (χ1v) is 4.56. The SMILES string of the molecule is CCOC(=O)CCNCCNC(N)=O. The lowest BCUT2D eigenvalue weighted by Crippen LogP contribution is -2.35. The van der Waals surface area contributed by atoms with Crippen LogP contribution in [0.4, 0.5) is 4.79 Å². The third-order valence-corrected chi connectivity index (χ3v) is 1.41. The van der Waals surface area contributed by atoms with Crippen molar-refractivity contribution >= 4 is 12.0 Å². The lowest BCUT2D eigenvalue weighted by Gasteiger charge is -2.04. The van der Waals surface area contributed by atoms with Gasteiger partial charge in [-0.25, -0.2) is 4.79 Å². The van der Waals surface area contributed by atoms with Crippen molar-refractivity contribution < 1.29 is 14.3 Å². The van der Waals surface area contributed by atoms with Gasteiger partial charge in [0, 0.05) is 19.6 Å². The quantitative estimate of drug-likeness (QED) is 0.373. The van der Waals surface area contributed by atoms with Crippen LogP contribution in [0.5, 0.6) is 0 Å². The molecule has 6 nitrogen and oxygen atoms in total. The van der Waals surface area contributed by atoms with Gasteiger partial charge in [-0.05, 0) is 6.92 Å². The maximum Gasteiger partial charge on any atom is 0.312 e. The van der Waals surface area contributed by atoms with Crippen LogP contribution in [0.3, 0.4) is 0 Å². The molecule has 0 bridgehead atoms. The maximum absolute atomic E-state index is 10.8. The van der Waals surface area contributed by atoms with Gasteiger partial charge >= 0.3 is 12.0 Å². The summed E-state index contributed by atoms with van der Waals surface area (Å²) < 4.78 is 4.72. The average Bonchev–Trinajstić information content (AvgIpc) is 2.11. The third-order valence-electron chi connectivity index (χ3n) is 1.41. The molecule has 0 atom stereocenters. The van der Waals surface area contributed by atoms with Crippen molar-refractivity contribution in [3.05, 3.63) is 0 Å². The van der Waals surface area contributed by atoms with Gasteiger partial charge in [-0.15, -0.1) is 0 Å². The van der Waals surface area contributed by atoms with Gasteiger partial charge in [-0.3, -0.25) is 4.79 Å². The lowest BCUT2D eigenvalue weighted by molar-refractivity contribution is -0.142. The topological polar surface area (TPSA) is 93.4 Å². The summed E-state index contributed by atoms with van der Waals surface area (Å²) in [5, 5.41) is 5.38. The van der Waals surface area contributed by atoms with E-state index in [1.165, 1.54) is 0 Å². The molecule has 0 aromatic heterocycles. The zero-order chi connectivity index (χ0) is 10.8. The Balaban J connectivity index is 3.13. The molecule has 6 heteroatoms. The van der Waals surface area contributed by atoms with E-state index in [0.29, 0.717) is 32.7 Å². The summed E-state index contributed by atoms with van der Waals surface area (Å²) in [6.45, 7) is 3.75. The number of carbonyl (C=O) groups excluding carboxylic acids is 2. The lowest BCUT2D eigenvalue weighted by atomic mass is 10.4. The number of carbonyl (C=O) groups is 2. The first kappa shape index (κ1) is 12.7. The Labute approximate surface area is 83.2 Å². The Morgan fingerprint density at radius 1 is 1.29 bits per heavy atom. The number of urea groups is 1. The first-order chi connectivity index (χ1) is 6.66. The molecule has 0 aliphatic carbocycles. The monoisotopic (exact) mass is 203 g/mol. The van der Waals surface area contributed by atoms with Crippen molar-refractivity contribution in [2.75, 3.05) is 26.2 Å². The number of hydrogen-bond acceptors (Lipinski definition) is 4.